The van der Waals surface area contributed by atoms with Crippen LogP contribution in [0.5, 0.6) is 5.75 Å². The SMILES string of the molecule is CO[C@H](CNC(C)C)COc1cccc(C)c1. The number of hydrogen-bond acceptors (Lipinski definition) is 3. The Hall–Kier alpha value is -1.06. The predicted octanol–water partition coefficient (Wildman–Crippen LogP) is 2.39. The van der Waals surface area contributed by atoms with E-state index in [4.69, 9.17) is 9.47 Å². The molecule has 0 amide bonds. The van der Waals surface area contributed by atoms with Gasteiger partial charge in [-0.3, -0.25) is 0 Å². The number of hydrogen-bond donors (Lipinski definition) is 1. The minimum absolute atomic E-state index is 0.0814. The minimum Gasteiger partial charge on any atom is -0.491 e. The van der Waals surface area contributed by atoms with E-state index in [2.05, 4.69) is 32.2 Å². The van der Waals surface area contributed by atoms with E-state index in [1.807, 2.05) is 18.2 Å². The Kier molecular flexibility index (Phi) is 6.01. The van der Waals surface area contributed by atoms with Gasteiger partial charge in [-0.05, 0) is 24.6 Å². The lowest BCUT2D eigenvalue weighted by Crippen LogP contribution is -2.36. The Balaban J connectivity index is 2.37. The van der Waals surface area contributed by atoms with Gasteiger partial charge < -0.3 is 14.8 Å². The summed E-state index contributed by atoms with van der Waals surface area (Å²) in [5.74, 6) is 0.900. The fraction of sp³-hybridized carbons (Fsp3) is 0.571. The summed E-state index contributed by atoms with van der Waals surface area (Å²) in [6, 6.07) is 8.52. The Morgan fingerprint density at radius 2 is 2.06 bits per heavy atom. The van der Waals surface area contributed by atoms with E-state index in [-0.39, 0.29) is 6.10 Å². The molecule has 3 heteroatoms. The first-order valence-electron chi connectivity index (χ1n) is 6.07. The van der Waals surface area contributed by atoms with Gasteiger partial charge in [0.25, 0.3) is 0 Å². The second-order valence-corrected chi connectivity index (χ2v) is 4.55. The van der Waals surface area contributed by atoms with Gasteiger partial charge in [-0.2, -0.15) is 0 Å². The Labute approximate surface area is 104 Å². The predicted molar refractivity (Wildman–Crippen MR) is 70.6 cm³/mol. The molecule has 1 rings (SSSR count). The van der Waals surface area contributed by atoms with Crippen molar-refractivity contribution in [2.24, 2.45) is 0 Å². The fourth-order valence-corrected chi connectivity index (χ4v) is 1.47. The number of rotatable bonds is 7. The van der Waals surface area contributed by atoms with Crippen molar-refractivity contribution in [2.75, 3.05) is 20.3 Å². The van der Waals surface area contributed by atoms with Crippen LogP contribution in [0, 0.1) is 6.92 Å². The molecular weight excluding hydrogens is 214 g/mol. The van der Waals surface area contributed by atoms with Crippen LogP contribution < -0.4 is 10.1 Å². The van der Waals surface area contributed by atoms with Crippen LogP contribution in [0.25, 0.3) is 0 Å². The van der Waals surface area contributed by atoms with Gasteiger partial charge in [-0.15, -0.1) is 0 Å². The molecule has 0 saturated heterocycles. The maximum atomic E-state index is 5.71. The molecule has 0 bridgehead atoms. The Morgan fingerprint density at radius 1 is 1.29 bits per heavy atom. The van der Waals surface area contributed by atoms with Gasteiger partial charge in [0.2, 0.25) is 0 Å². The van der Waals surface area contributed by atoms with Gasteiger partial charge in [0.15, 0.2) is 0 Å². The number of nitrogens with one attached hydrogen (secondary N) is 1. The maximum Gasteiger partial charge on any atom is 0.119 e. The van der Waals surface area contributed by atoms with E-state index in [9.17, 15) is 0 Å². The molecule has 0 unspecified atom stereocenters. The molecule has 0 aliphatic carbocycles. The summed E-state index contributed by atoms with van der Waals surface area (Å²) < 4.78 is 11.1. The zero-order valence-electron chi connectivity index (χ0n) is 11.2. The van der Waals surface area contributed by atoms with Gasteiger partial charge in [-0.1, -0.05) is 26.0 Å². The molecule has 0 heterocycles. The van der Waals surface area contributed by atoms with Crippen molar-refractivity contribution in [3.63, 3.8) is 0 Å². The molecule has 0 saturated carbocycles. The van der Waals surface area contributed by atoms with Crippen molar-refractivity contribution in [2.45, 2.75) is 32.9 Å². The van der Waals surface area contributed by atoms with Gasteiger partial charge in [0.1, 0.15) is 18.5 Å². The highest BCUT2D eigenvalue weighted by molar-refractivity contribution is 5.27. The monoisotopic (exact) mass is 237 g/mol. The Bertz CT molecular complexity index is 326. The van der Waals surface area contributed by atoms with Crippen LogP contribution in [-0.4, -0.2) is 32.4 Å². The van der Waals surface area contributed by atoms with Crippen LogP contribution >= 0.6 is 0 Å². The zero-order chi connectivity index (χ0) is 12.7. The molecule has 3 nitrogen and oxygen atoms in total. The average Bonchev–Trinajstić information content (AvgIpc) is 2.29. The molecule has 0 aliphatic rings. The summed E-state index contributed by atoms with van der Waals surface area (Å²) in [4.78, 5) is 0. The van der Waals surface area contributed by atoms with Gasteiger partial charge >= 0.3 is 0 Å². The van der Waals surface area contributed by atoms with E-state index in [0.29, 0.717) is 12.6 Å². The lowest BCUT2D eigenvalue weighted by Gasteiger charge is -2.18. The standard InChI is InChI=1S/C14H23NO2/c1-11(2)15-9-14(16-4)10-17-13-7-5-6-12(3)8-13/h5-8,11,14-15H,9-10H2,1-4H3/t14-/m1/s1. The summed E-state index contributed by atoms with van der Waals surface area (Å²) in [6.45, 7) is 7.67. The van der Waals surface area contributed by atoms with Gasteiger partial charge in [0, 0.05) is 19.7 Å². The van der Waals surface area contributed by atoms with Crippen molar-refractivity contribution in [1.29, 1.82) is 0 Å². The van der Waals surface area contributed by atoms with Crippen molar-refractivity contribution < 1.29 is 9.47 Å². The molecular formula is C14H23NO2. The van der Waals surface area contributed by atoms with E-state index >= 15 is 0 Å². The smallest absolute Gasteiger partial charge is 0.119 e. The van der Waals surface area contributed by atoms with Crippen molar-refractivity contribution >= 4 is 0 Å². The highest BCUT2D eigenvalue weighted by Crippen LogP contribution is 2.12. The molecule has 1 N–H and O–H groups in total. The van der Waals surface area contributed by atoms with Gasteiger partial charge in [-0.25, -0.2) is 0 Å². The molecule has 17 heavy (non-hydrogen) atoms. The number of benzene rings is 1. The lowest BCUT2D eigenvalue weighted by molar-refractivity contribution is 0.0567. The molecule has 1 aromatic rings. The summed E-state index contributed by atoms with van der Waals surface area (Å²) in [7, 11) is 1.71. The third kappa shape index (κ3) is 5.71. The van der Waals surface area contributed by atoms with Crippen LogP contribution in [0.15, 0.2) is 24.3 Å². The van der Waals surface area contributed by atoms with Crippen LogP contribution in [0.4, 0.5) is 0 Å². The fourth-order valence-electron chi connectivity index (χ4n) is 1.47. The second-order valence-electron chi connectivity index (χ2n) is 4.55. The van der Waals surface area contributed by atoms with Crippen molar-refractivity contribution in [3.8, 4) is 5.75 Å². The number of methoxy groups -OCH3 is 1. The Morgan fingerprint density at radius 3 is 2.65 bits per heavy atom. The third-order valence-electron chi connectivity index (χ3n) is 2.51. The third-order valence-corrected chi connectivity index (χ3v) is 2.51. The first kappa shape index (κ1) is 14.0. The largest absolute Gasteiger partial charge is 0.491 e. The summed E-state index contributed by atoms with van der Waals surface area (Å²) in [5.41, 5.74) is 1.21. The van der Waals surface area contributed by atoms with Gasteiger partial charge in [0.05, 0.1) is 0 Å². The van der Waals surface area contributed by atoms with E-state index in [1.165, 1.54) is 5.56 Å². The van der Waals surface area contributed by atoms with E-state index in [1.54, 1.807) is 7.11 Å². The molecule has 96 valence electrons. The molecule has 1 aromatic carbocycles. The lowest BCUT2D eigenvalue weighted by atomic mass is 10.2. The highest BCUT2D eigenvalue weighted by atomic mass is 16.5. The molecule has 0 spiro atoms. The van der Waals surface area contributed by atoms with Crippen LogP contribution in [0.2, 0.25) is 0 Å². The highest BCUT2D eigenvalue weighted by Gasteiger charge is 2.08. The number of aryl methyl sites for hydroxylation is 1. The summed E-state index contributed by atoms with van der Waals surface area (Å²) >= 11 is 0. The maximum absolute atomic E-state index is 5.71. The molecule has 0 radical (unpaired) electrons. The minimum atomic E-state index is 0.0814. The first-order valence-corrected chi connectivity index (χ1v) is 6.07. The van der Waals surface area contributed by atoms with Crippen molar-refractivity contribution in [1.82, 2.24) is 5.32 Å². The topological polar surface area (TPSA) is 30.5 Å². The zero-order valence-corrected chi connectivity index (χ0v) is 11.2. The second kappa shape index (κ2) is 7.30. The molecule has 1 atom stereocenters. The normalized spacial score (nSPS) is 12.8. The first-order chi connectivity index (χ1) is 8.11. The average molecular weight is 237 g/mol. The van der Waals surface area contributed by atoms with E-state index in [0.717, 1.165) is 12.3 Å². The molecule has 0 aromatic heterocycles. The van der Waals surface area contributed by atoms with Crippen molar-refractivity contribution in [3.05, 3.63) is 29.8 Å². The molecule has 0 fully saturated rings. The van der Waals surface area contributed by atoms with Crippen LogP contribution in [0.3, 0.4) is 0 Å². The van der Waals surface area contributed by atoms with Crippen LogP contribution in [0.1, 0.15) is 19.4 Å². The summed E-state index contributed by atoms with van der Waals surface area (Å²) in [6.07, 6.45) is 0.0814. The summed E-state index contributed by atoms with van der Waals surface area (Å²) in [5, 5.41) is 3.34. The molecule has 0 aliphatic heterocycles. The van der Waals surface area contributed by atoms with E-state index < -0.39 is 0 Å². The quantitative estimate of drug-likeness (QED) is 0.790. The van der Waals surface area contributed by atoms with Crippen LogP contribution in [-0.2, 0) is 4.74 Å². The number of ether oxygens (including phenoxy) is 2.